The molecule has 0 aromatic rings. The minimum atomic E-state index is -1.21. The van der Waals surface area contributed by atoms with Crippen LogP contribution in [-0.4, -0.2) is 109 Å². The summed E-state index contributed by atoms with van der Waals surface area (Å²) in [6.45, 7) is 0. The van der Waals surface area contributed by atoms with Crippen LogP contribution in [-0.2, 0) is 52.7 Å². The molecule has 0 aromatic heterocycles. The predicted octanol–water partition coefficient (Wildman–Crippen LogP) is 4.50. The van der Waals surface area contributed by atoms with Crippen molar-refractivity contribution in [2.45, 2.75) is 114 Å². The van der Waals surface area contributed by atoms with E-state index < -0.39 is 29.8 Å². The number of carboxylic acids is 2. The smallest absolute Gasteiger partial charge is 0.353 e. The van der Waals surface area contributed by atoms with Crippen molar-refractivity contribution in [3.05, 3.63) is 52.8 Å². The number of hydrogen-bond acceptors (Lipinski definition) is 13. The summed E-state index contributed by atoms with van der Waals surface area (Å²) < 4.78 is 4.79. The highest BCUT2D eigenvalue weighted by Crippen LogP contribution is 2.34. The van der Waals surface area contributed by atoms with E-state index in [9.17, 15) is 47.9 Å². The Labute approximate surface area is 398 Å². The molecule has 6 rings (SSSR count). The maximum atomic E-state index is 12.0. The zero-order chi connectivity index (χ0) is 46.4. The number of ether oxygens (including phenoxy) is 1. The molecule has 62 heavy (non-hydrogen) atoms. The Balaban J connectivity index is 0.000000244. The highest BCUT2D eigenvalue weighted by atomic mass is 79.9. The molecule has 338 valence electrons. The number of amides is 5. The van der Waals surface area contributed by atoms with Crippen molar-refractivity contribution in [3.8, 4) is 0 Å². The molecule has 0 unspecified atom stereocenters. The molecule has 0 aromatic carbocycles. The number of carboxylic acid groups (broad SMARTS) is 2. The van der Waals surface area contributed by atoms with Crippen LogP contribution in [0.2, 0.25) is 0 Å². The fraction of sp³-hybridized carbons (Fsp3) is 0.487. The van der Waals surface area contributed by atoms with Gasteiger partial charge in [0.15, 0.2) is 5.78 Å². The molecule has 3 aliphatic heterocycles. The molecular formula is C39H44Br5N5O13. The van der Waals surface area contributed by atoms with Gasteiger partial charge in [0.1, 0.15) is 4.48 Å². The maximum absolute atomic E-state index is 12.0. The number of aliphatic carboxylic acids is 2. The number of halogens is 5. The number of allylic oxidation sites excluding steroid dienone is 1. The highest BCUT2D eigenvalue weighted by Gasteiger charge is 2.41. The number of carbonyl (C=O) groups excluding carboxylic acids is 8. The zero-order valence-corrected chi connectivity index (χ0v) is 40.8. The van der Waals surface area contributed by atoms with Gasteiger partial charge in [0.05, 0.1) is 17.9 Å². The number of imide groups is 2. The normalized spacial score (nSPS) is 26.4. The second kappa shape index (κ2) is 25.1. The average molecular weight is 1190 g/mol. The van der Waals surface area contributed by atoms with Crippen molar-refractivity contribution in [3.63, 3.8) is 0 Å². The third-order valence-electron chi connectivity index (χ3n) is 10.3. The van der Waals surface area contributed by atoms with Crippen molar-refractivity contribution in [2.24, 2.45) is 17.4 Å². The summed E-state index contributed by atoms with van der Waals surface area (Å²) >= 11 is 14.8. The highest BCUT2D eigenvalue weighted by molar-refractivity contribution is 9.12. The molecule has 23 heteroatoms. The molecule has 0 saturated heterocycles. The summed E-state index contributed by atoms with van der Waals surface area (Å²) in [5, 5.41) is 20.0. The van der Waals surface area contributed by atoms with Gasteiger partial charge in [-0.05, 0) is 163 Å². The lowest BCUT2D eigenvalue weighted by Gasteiger charge is -2.36. The molecule has 0 atom stereocenters. The molecule has 3 saturated carbocycles. The van der Waals surface area contributed by atoms with E-state index in [-0.39, 0.29) is 82.3 Å². The standard InChI is InChI=1S/C15H17Br2NO6.C14H12Br2N2O4.C6H14N2.C4HBrO3/c16-10(6-13(20)21)12(19)5-8-1-3-9(4-2-8)18-15(24)11(17)7-14(22)23;15-9-5-11(19)17(13(9)21)7-1-2-8(4-3-7)18-12(20)6-10(16)14(18)22;7-5-1-2-6(8)4-3-5;5-2-1-3(6)8-4(2)7/h6-9H,1-5H2,(H,18,24)(H,20,21)(H,22,23);5-8H,1-4H2;5-6H,1-4,7-8H2;1H/b10-6+,11-7+;;;. The van der Waals surface area contributed by atoms with E-state index in [0.29, 0.717) is 50.6 Å². The van der Waals surface area contributed by atoms with Crippen LogP contribution in [0.5, 0.6) is 0 Å². The van der Waals surface area contributed by atoms with Crippen molar-refractivity contribution >= 4 is 139 Å². The summed E-state index contributed by atoms with van der Waals surface area (Å²) in [5.74, 6) is -5.45. The molecule has 3 fully saturated rings. The number of Topliss-reactive ketones (excluding diaryl/α,β-unsaturated/α-hetero) is 1. The Bertz CT molecular complexity index is 1860. The number of nitrogens with two attached hydrogens (primary N) is 2. The zero-order valence-electron chi connectivity index (χ0n) is 32.9. The fourth-order valence-corrected chi connectivity index (χ4v) is 8.85. The Morgan fingerprint density at radius 2 is 1.06 bits per heavy atom. The lowest BCUT2D eigenvalue weighted by atomic mass is 9.83. The van der Waals surface area contributed by atoms with Crippen LogP contribution in [0.4, 0.5) is 0 Å². The number of carbonyl (C=O) groups is 10. The Morgan fingerprint density at radius 1 is 0.645 bits per heavy atom. The van der Waals surface area contributed by atoms with E-state index >= 15 is 0 Å². The minimum absolute atomic E-state index is 0.0463. The average Bonchev–Trinajstić information content (AvgIpc) is 3.75. The van der Waals surface area contributed by atoms with Crippen LogP contribution in [0.3, 0.4) is 0 Å². The van der Waals surface area contributed by atoms with Gasteiger partial charge in [0, 0.05) is 67.0 Å². The third-order valence-corrected chi connectivity index (χ3v) is 13.3. The molecule has 0 radical (unpaired) electrons. The van der Waals surface area contributed by atoms with Gasteiger partial charge in [-0.15, -0.1) is 0 Å². The summed E-state index contributed by atoms with van der Waals surface area (Å²) in [4.78, 5) is 115. The summed E-state index contributed by atoms with van der Waals surface area (Å²) in [7, 11) is 0. The van der Waals surface area contributed by atoms with E-state index in [1.54, 1.807) is 0 Å². The molecule has 0 bridgehead atoms. The van der Waals surface area contributed by atoms with Gasteiger partial charge >= 0.3 is 23.9 Å². The van der Waals surface area contributed by atoms with Crippen molar-refractivity contribution < 1.29 is 62.9 Å². The maximum Gasteiger partial charge on any atom is 0.353 e. The number of rotatable bonds is 9. The molecule has 3 heterocycles. The summed E-state index contributed by atoms with van der Waals surface area (Å²) in [5.41, 5.74) is 11.3. The van der Waals surface area contributed by atoms with Crippen molar-refractivity contribution in [1.29, 1.82) is 0 Å². The Morgan fingerprint density at radius 3 is 1.39 bits per heavy atom. The molecule has 7 N–H and O–H groups in total. The first-order valence-corrected chi connectivity index (χ1v) is 23.2. The number of nitrogens with one attached hydrogen (secondary N) is 1. The lowest BCUT2D eigenvalue weighted by molar-refractivity contribution is -0.150. The number of hydrogen-bond donors (Lipinski definition) is 5. The van der Waals surface area contributed by atoms with E-state index in [2.05, 4.69) is 89.7 Å². The fourth-order valence-electron chi connectivity index (χ4n) is 7.14. The third kappa shape index (κ3) is 16.6. The van der Waals surface area contributed by atoms with Gasteiger partial charge < -0.3 is 31.7 Å². The number of cyclic esters (lactones) is 2. The summed E-state index contributed by atoms with van der Waals surface area (Å²) in [6.07, 6.45) is 15.2. The molecule has 18 nitrogen and oxygen atoms in total. The van der Waals surface area contributed by atoms with Gasteiger partial charge in [0.2, 0.25) is 0 Å². The van der Waals surface area contributed by atoms with Crippen molar-refractivity contribution in [2.75, 3.05) is 0 Å². The molecular weight excluding hydrogens is 1150 g/mol. The van der Waals surface area contributed by atoms with Gasteiger partial charge in [-0.25, -0.2) is 19.2 Å². The number of ketones is 1. The van der Waals surface area contributed by atoms with Crippen molar-refractivity contribution in [1.82, 2.24) is 15.1 Å². The second-order valence-corrected chi connectivity index (χ2v) is 19.1. The van der Waals surface area contributed by atoms with Gasteiger partial charge in [-0.1, -0.05) is 0 Å². The minimum Gasteiger partial charge on any atom is -0.478 e. The van der Waals surface area contributed by atoms with Crippen LogP contribution >= 0.6 is 79.6 Å². The van der Waals surface area contributed by atoms with Gasteiger partial charge in [-0.2, -0.15) is 0 Å². The molecule has 3 aliphatic carbocycles. The molecule has 0 spiro atoms. The monoisotopic (exact) mass is 1180 g/mol. The van der Waals surface area contributed by atoms with Crippen LogP contribution in [0.1, 0.15) is 83.5 Å². The first-order valence-electron chi connectivity index (χ1n) is 19.3. The van der Waals surface area contributed by atoms with Crippen LogP contribution in [0, 0.1) is 5.92 Å². The Kier molecular flexibility index (Phi) is 21.4. The number of nitrogens with zero attached hydrogens (tertiary/aromatic N) is 2. The van der Waals surface area contributed by atoms with Crippen LogP contribution in [0.15, 0.2) is 52.8 Å². The molecule has 5 amide bonds. The first-order chi connectivity index (χ1) is 29.1. The van der Waals surface area contributed by atoms with E-state index in [1.807, 2.05) is 0 Å². The molecule has 6 aliphatic rings. The van der Waals surface area contributed by atoms with Gasteiger partial charge in [0.25, 0.3) is 29.5 Å². The largest absolute Gasteiger partial charge is 0.478 e. The predicted molar refractivity (Wildman–Crippen MR) is 239 cm³/mol. The van der Waals surface area contributed by atoms with Crippen LogP contribution in [0.25, 0.3) is 0 Å². The van der Waals surface area contributed by atoms with E-state index in [0.717, 1.165) is 56.8 Å². The number of esters is 2. The first kappa shape index (κ1) is 52.9. The second-order valence-electron chi connectivity index (χ2n) is 14.8. The Hall–Kier alpha value is -3.48. The van der Waals surface area contributed by atoms with Gasteiger partial charge in [-0.3, -0.25) is 38.6 Å². The quantitative estimate of drug-likeness (QED) is 0.0919. The lowest BCUT2D eigenvalue weighted by Crippen LogP contribution is -2.48. The van der Waals surface area contributed by atoms with E-state index in [1.165, 1.54) is 22.0 Å². The topological polar surface area (TPSA) is 291 Å². The summed E-state index contributed by atoms with van der Waals surface area (Å²) in [6, 6.07) is 0.458. The SMILES string of the molecule is NC1CCC(N)CC1.O=C(O)/C=C(/Br)C(=O)CC1CCC(NC(=O)/C(Br)=C\C(=O)O)CC1.O=C1C=C(Br)C(=O)N1C1CCC(N2C(=O)C=C(Br)C2=O)CC1.O=C1C=C(Br)C(=O)O1. The van der Waals surface area contributed by atoms with Crippen LogP contribution < -0.4 is 16.8 Å². The van der Waals surface area contributed by atoms with E-state index in [4.69, 9.17) is 21.7 Å².